The number of benzene rings is 3. The predicted octanol–water partition coefficient (Wildman–Crippen LogP) is 15.1. The number of hydrogen-bond acceptors (Lipinski definition) is 0. The molecule has 3 aromatic rings. The van der Waals surface area contributed by atoms with Gasteiger partial charge >= 0.3 is 0 Å². The third-order valence-electron chi connectivity index (χ3n) is 4.92. The first-order valence-electron chi connectivity index (χ1n) is 14.9. The van der Waals surface area contributed by atoms with Crippen LogP contribution in [0.1, 0.15) is 165 Å². The lowest BCUT2D eigenvalue weighted by Gasteiger charge is -2.04. The van der Waals surface area contributed by atoms with Gasteiger partial charge in [0.1, 0.15) is 0 Å². The van der Waals surface area contributed by atoms with Gasteiger partial charge in [0.05, 0.1) is 0 Å². The lowest BCUT2D eigenvalue weighted by atomic mass is 10.0. The molecule has 0 aliphatic heterocycles. The molecule has 236 valence electrons. The van der Waals surface area contributed by atoms with Crippen LogP contribution in [-0.2, 0) is 0 Å². The van der Waals surface area contributed by atoms with Gasteiger partial charge in [-0.15, -0.1) is 0 Å². The maximum absolute atomic E-state index is 2.24. The first-order valence-corrected chi connectivity index (χ1v) is 14.9. The SMILES string of the molecule is C.C.C.CC.CC.CC.CC.CC(C)c1ccccc1.Cc1ccc(C(C)C)cc1.Cc1cccc(C(C)C)c1. The molecule has 0 atom stereocenters. The van der Waals surface area contributed by atoms with Crippen LogP contribution in [0.5, 0.6) is 0 Å². The molecule has 3 aromatic carbocycles. The minimum absolute atomic E-state index is 0. The lowest BCUT2D eigenvalue weighted by molar-refractivity contribution is 0.865. The van der Waals surface area contributed by atoms with Crippen LogP contribution in [0.15, 0.2) is 78.9 Å². The maximum Gasteiger partial charge on any atom is -0.0219 e. The Bertz CT molecular complexity index is 793. The summed E-state index contributed by atoms with van der Waals surface area (Å²) in [6.07, 6.45) is 0. The average Bonchev–Trinajstić information content (AvgIpc) is 2.94. The fourth-order valence-electron chi connectivity index (χ4n) is 2.82. The third-order valence-corrected chi connectivity index (χ3v) is 4.92. The summed E-state index contributed by atoms with van der Waals surface area (Å²) >= 11 is 0. The molecule has 0 spiro atoms. The van der Waals surface area contributed by atoms with Crippen LogP contribution in [0.4, 0.5) is 0 Å². The van der Waals surface area contributed by atoms with Gasteiger partial charge in [-0.1, -0.05) is 209 Å². The molecule has 40 heavy (non-hydrogen) atoms. The van der Waals surface area contributed by atoms with Crippen molar-refractivity contribution in [1.82, 2.24) is 0 Å². The molecule has 0 fully saturated rings. The van der Waals surface area contributed by atoms with Crippen molar-refractivity contribution in [2.75, 3.05) is 0 Å². The van der Waals surface area contributed by atoms with E-state index < -0.39 is 0 Å². The highest BCUT2D eigenvalue weighted by Crippen LogP contribution is 2.15. The Morgan fingerprint density at radius 2 is 0.675 bits per heavy atom. The Labute approximate surface area is 257 Å². The normalized spacial score (nSPS) is 8.07. The molecule has 0 amide bonds. The minimum atomic E-state index is 0. The molecule has 0 unspecified atom stereocenters. The molecule has 0 nitrogen and oxygen atoms in total. The van der Waals surface area contributed by atoms with Crippen molar-refractivity contribution in [1.29, 1.82) is 0 Å². The number of hydrogen-bond donors (Lipinski definition) is 0. The van der Waals surface area contributed by atoms with E-state index in [-0.39, 0.29) is 22.3 Å². The summed E-state index contributed by atoms with van der Waals surface area (Å²) in [4.78, 5) is 0. The second-order valence-corrected chi connectivity index (χ2v) is 8.70. The summed E-state index contributed by atoms with van der Waals surface area (Å²) in [6.45, 7) is 33.5. The molecule has 0 heterocycles. The largest absolute Gasteiger partial charge is 0.0776 e. The molecule has 0 saturated carbocycles. The van der Waals surface area contributed by atoms with Crippen molar-refractivity contribution in [3.05, 3.63) is 107 Å². The smallest absolute Gasteiger partial charge is 0.0219 e. The monoisotopic (exact) mass is 557 g/mol. The van der Waals surface area contributed by atoms with E-state index >= 15 is 0 Å². The van der Waals surface area contributed by atoms with Crippen molar-refractivity contribution in [2.45, 2.75) is 151 Å². The fraction of sp³-hybridized carbons (Fsp3) is 0.550. The van der Waals surface area contributed by atoms with E-state index in [9.17, 15) is 0 Å². The van der Waals surface area contributed by atoms with Gasteiger partial charge in [0.2, 0.25) is 0 Å². The summed E-state index contributed by atoms with van der Waals surface area (Å²) in [7, 11) is 0. The van der Waals surface area contributed by atoms with E-state index in [0.29, 0.717) is 17.8 Å². The zero-order valence-corrected chi connectivity index (χ0v) is 27.7. The van der Waals surface area contributed by atoms with E-state index in [1.807, 2.05) is 61.5 Å². The molecule has 3 rings (SSSR count). The van der Waals surface area contributed by atoms with Gasteiger partial charge in [0.25, 0.3) is 0 Å². The van der Waals surface area contributed by atoms with E-state index in [0.717, 1.165) is 0 Å². The predicted molar refractivity (Wildman–Crippen MR) is 197 cm³/mol. The topological polar surface area (TPSA) is 0 Å². The van der Waals surface area contributed by atoms with Crippen molar-refractivity contribution in [2.24, 2.45) is 0 Å². The van der Waals surface area contributed by atoms with Crippen LogP contribution in [0.25, 0.3) is 0 Å². The minimum Gasteiger partial charge on any atom is -0.0776 e. The van der Waals surface area contributed by atoms with Crippen molar-refractivity contribution >= 4 is 0 Å². The summed E-state index contributed by atoms with van der Waals surface area (Å²) in [5, 5.41) is 0. The Balaban J connectivity index is -0.0000000701. The van der Waals surface area contributed by atoms with Crippen molar-refractivity contribution < 1.29 is 0 Å². The summed E-state index contributed by atoms with van der Waals surface area (Å²) in [6, 6.07) is 27.9. The second-order valence-electron chi connectivity index (χ2n) is 8.70. The van der Waals surface area contributed by atoms with Gasteiger partial charge in [-0.3, -0.25) is 0 Å². The van der Waals surface area contributed by atoms with Gasteiger partial charge in [0, 0.05) is 0 Å². The highest BCUT2D eigenvalue weighted by atomic mass is 14.0. The van der Waals surface area contributed by atoms with Crippen LogP contribution in [0, 0.1) is 13.8 Å². The second kappa shape index (κ2) is 38.8. The molecule has 0 N–H and O–H groups in total. The number of aryl methyl sites for hydroxylation is 2. The fourth-order valence-corrected chi connectivity index (χ4v) is 2.82. The van der Waals surface area contributed by atoms with E-state index in [2.05, 4.69) is 128 Å². The Kier molecular flexibility index (Phi) is 52.2. The van der Waals surface area contributed by atoms with Gasteiger partial charge in [-0.25, -0.2) is 0 Å². The summed E-state index contributed by atoms with van der Waals surface area (Å²) in [5.41, 5.74) is 6.96. The van der Waals surface area contributed by atoms with E-state index in [1.165, 1.54) is 27.8 Å². The van der Waals surface area contributed by atoms with Crippen LogP contribution in [0.2, 0.25) is 0 Å². The molecule has 0 bridgehead atoms. The van der Waals surface area contributed by atoms with Crippen LogP contribution in [-0.4, -0.2) is 0 Å². The van der Waals surface area contributed by atoms with E-state index in [1.54, 1.807) is 0 Å². The molecular formula is C40H76. The van der Waals surface area contributed by atoms with Crippen molar-refractivity contribution in [3.63, 3.8) is 0 Å². The Morgan fingerprint density at radius 1 is 0.350 bits per heavy atom. The highest BCUT2D eigenvalue weighted by Gasteiger charge is 1.97. The molecule has 0 heteroatoms. The summed E-state index contributed by atoms with van der Waals surface area (Å²) in [5.74, 6) is 1.96. The number of rotatable bonds is 3. The first kappa shape index (κ1) is 53.8. The van der Waals surface area contributed by atoms with Crippen LogP contribution in [0.3, 0.4) is 0 Å². The zero-order valence-electron chi connectivity index (χ0n) is 27.7. The highest BCUT2D eigenvalue weighted by molar-refractivity contribution is 5.24. The lowest BCUT2D eigenvalue weighted by Crippen LogP contribution is -1.86. The third kappa shape index (κ3) is 30.2. The van der Waals surface area contributed by atoms with Gasteiger partial charge in [-0.2, -0.15) is 0 Å². The Hall–Kier alpha value is -2.34. The maximum atomic E-state index is 2.24. The van der Waals surface area contributed by atoms with Gasteiger partial charge in [-0.05, 0) is 48.3 Å². The standard InChI is InChI=1S/2C10H14.C9H12.4C2H6.3CH4/c1-8(2)10-6-4-9(3)5-7-10;1-8(2)10-6-4-5-9(3)7-10;1-8(2)9-6-4-3-5-7-9;4*1-2;;;/h2*4-8H,1-3H3;3-8H,1-2H3;4*1-2H3;3*1H4. The van der Waals surface area contributed by atoms with Crippen LogP contribution < -0.4 is 0 Å². The van der Waals surface area contributed by atoms with E-state index in [4.69, 9.17) is 0 Å². The van der Waals surface area contributed by atoms with Gasteiger partial charge < -0.3 is 0 Å². The molecule has 0 radical (unpaired) electrons. The summed E-state index contributed by atoms with van der Waals surface area (Å²) < 4.78 is 0. The van der Waals surface area contributed by atoms with Crippen molar-refractivity contribution in [3.8, 4) is 0 Å². The molecule has 0 aliphatic carbocycles. The van der Waals surface area contributed by atoms with Gasteiger partial charge in [0.15, 0.2) is 0 Å². The zero-order chi connectivity index (χ0) is 29.8. The molecule has 0 aliphatic rings. The average molecular weight is 557 g/mol. The Morgan fingerprint density at radius 3 is 0.950 bits per heavy atom. The molecule has 0 aromatic heterocycles. The van der Waals surface area contributed by atoms with Crippen LogP contribution >= 0.6 is 0 Å². The quantitative estimate of drug-likeness (QED) is 0.301. The first-order chi connectivity index (χ1) is 17.7. The molecule has 0 saturated heterocycles. The molecular weight excluding hydrogens is 480 g/mol.